The van der Waals surface area contributed by atoms with Gasteiger partial charge in [-0.25, -0.2) is 8.78 Å². The molecular weight excluding hydrogens is 188 g/mol. The van der Waals surface area contributed by atoms with Crippen LogP contribution in [0.2, 0.25) is 0 Å². The van der Waals surface area contributed by atoms with Crippen LogP contribution >= 0.6 is 0 Å². The molecule has 4 heteroatoms. The molecule has 1 aliphatic carbocycles. The predicted octanol–water partition coefficient (Wildman–Crippen LogP) is 1.56. The first-order valence-corrected chi connectivity index (χ1v) is 4.61. The van der Waals surface area contributed by atoms with Gasteiger partial charge in [0, 0.05) is 6.42 Å². The fourth-order valence-corrected chi connectivity index (χ4v) is 1.61. The minimum Gasteiger partial charge on any atom is -0.342 e. The standard InChI is InChI=1S/C10H13F2NO/c1-3-7(2)13-9(14)8-5-4-6-10(8,11)12/h1,7-8H,4-6H2,2H3,(H,13,14). The zero-order valence-electron chi connectivity index (χ0n) is 8.02. The van der Waals surface area contributed by atoms with E-state index in [0.717, 1.165) is 0 Å². The van der Waals surface area contributed by atoms with Crippen molar-refractivity contribution < 1.29 is 13.6 Å². The van der Waals surface area contributed by atoms with Crippen molar-refractivity contribution in [3.8, 4) is 12.3 Å². The fraction of sp³-hybridized carbons (Fsp3) is 0.700. The molecule has 1 rings (SSSR count). The van der Waals surface area contributed by atoms with E-state index in [0.29, 0.717) is 6.42 Å². The Balaban J connectivity index is 2.58. The van der Waals surface area contributed by atoms with Crippen molar-refractivity contribution in [2.45, 2.75) is 38.2 Å². The number of carbonyl (C=O) groups excluding carboxylic acids is 1. The quantitative estimate of drug-likeness (QED) is 0.675. The van der Waals surface area contributed by atoms with Gasteiger partial charge >= 0.3 is 0 Å². The van der Waals surface area contributed by atoms with Gasteiger partial charge in [-0.2, -0.15) is 0 Å². The van der Waals surface area contributed by atoms with Crippen LogP contribution in [0.5, 0.6) is 0 Å². The number of carbonyl (C=O) groups is 1. The molecule has 1 amide bonds. The Labute approximate surface area is 82.1 Å². The second-order valence-corrected chi connectivity index (χ2v) is 3.60. The highest BCUT2D eigenvalue weighted by atomic mass is 19.3. The minimum atomic E-state index is -2.86. The van der Waals surface area contributed by atoms with Crippen molar-refractivity contribution in [2.75, 3.05) is 0 Å². The summed E-state index contributed by atoms with van der Waals surface area (Å²) in [5.41, 5.74) is 0. The van der Waals surface area contributed by atoms with E-state index < -0.39 is 23.8 Å². The monoisotopic (exact) mass is 201 g/mol. The van der Waals surface area contributed by atoms with Gasteiger partial charge in [-0.3, -0.25) is 4.79 Å². The molecule has 0 aromatic rings. The average Bonchev–Trinajstić information content (AvgIpc) is 2.45. The number of amides is 1. The van der Waals surface area contributed by atoms with Gasteiger partial charge in [0.1, 0.15) is 5.92 Å². The number of rotatable bonds is 2. The third-order valence-electron chi connectivity index (χ3n) is 2.44. The molecule has 0 saturated heterocycles. The van der Waals surface area contributed by atoms with Crippen LogP contribution in [-0.4, -0.2) is 17.9 Å². The Bertz CT molecular complexity index is 270. The molecule has 2 nitrogen and oxygen atoms in total. The summed E-state index contributed by atoms with van der Waals surface area (Å²) < 4.78 is 26.2. The number of hydrogen-bond acceptors (Lipinski definition) is 1. The van der Waals surface area contributed by atoms with Crippen LogP contribution in [0.4, 0.5) is 8.78 Å². The van der Waals surface area contributed by atoms with Crippen molar-refractivity contribution in [3.63, 3.8) is 0 Å². The van der Waals surface area contributed by atoms with Gasteiger partial charge in [-0.15, -0.1) is 6.42 Å². The molecule has 0 spiro atoms. The Morgan fingerprint density at radius 1 is 1.71 bits per heavy atom. The van der Waals surface area contributed by atoms with Gasteiger partial charge < -0.3 is 5.32 Å². The van der Waals surface area contributed by atoms with Crippen LogP contribution < -0.4 is 5.32 Å². The van der Waals surface area contributed by atoms with Gasteiger partial charge in [0.15, 0.2) is 0 Å². The smallest absolute Gasteiger partial charge is 0.259 e. The lowest BCUT2D eigenvalue weighted by molar-refractivity contribution is -0.136. The van der Waals surface area contributed by atoms with Crippen LogP contribution in [0.1, 0.15) is 26.2 Å². The fourth-order valence-electron chi connectivity index (χ4n) is 1.61. The Hall–Kier alpha value is -1.11. The summed E-state index contributed by atoms with van der Waals surface area (Å²) in [6.45, 7) is 1.59. The summed E-state index contributed by atoms with van der Waals surface area (Å²) in [6, 6.07) is -0.487. The second kappa shape index (κ2) is 3.95. The van der Waals surface area contributed by atoms with Gasteiger partial charge in [0.05, 0.1) is 6.04 Å². The van der Waals surface area contributed by atoms with E-state index in [9.17, 15) is 13.6 Å². The van der Waals surface area contributed by atoms with Crippen molar-refractivity contribution in [2.24, 2.45) is 5.92 Å². The third kappa shape index (κ3) is 2.22. The summed E-state index contributed by atoms with van der Waals surface area (Å²) in [4.78, 5) is 11.3. The first-order chi connectivity index (χ1) is 6.47. The number of halogens is 2. The molecule has 0 bridgehead atoms. The number of nitrogens with one attached hydrogen (secondary N) is 1. The molecule has 0 aliphatic heterocycles. The van der Waals surface area contributed by atoms with E-state index in [1.54, 1.807) is 6.92 Å². The zero-order chi connectivity index (χ0) is 10.8. The minimum absolute atomic E-state index is 0.199. The van der Waals surface area contributed by atoms with E-state index in [4.69, 9.17) is 6.42 Å². The number of terminal acetylenes is 1. The van der Waals surface area contributed by atoms with Crippen molar-refractivity contribution >= 4 is 5.91 Å². The van der Waals surface area contributed by atoms with Gasteiger partial charge in [-0.1, -0.05) is 5.92 Å². The van der Waals surface area contributed by atoms with E-state index >= 15 is 0 Å². The molecule has 0 aromatic carbocycles. The van der Waals surface area contributed by atoms with Crippen molar-refractivity contribution in [3.05, 3.63) is 0 Å². The first kappa shape index (κ1) is 11.0. The largest absolute Gasteiger partial charge is 0.342 e. The van der Waals surface area contributed by atoms with E-state index in [1.165, 1.54) is 0 Å². The van der Waals surface area contributed by atoms with Crippen LogP contribution in [-0.2, 0) is 4.79 Å². The number of hydrogen-bond donors (Lipinski definition) is 1. The highest BCUT2D eigenvalue weighted by molar-refractivity contribution is 5.80. The van der Waals surface area contributed by atoms with Gasteiger partial charge in [-0.05, 0) is 19.8 Å². The molecule has 0 aromatic heterocycles. The van der Waals surface area contributed by atoms with Crippen LogP contribution in [0.25, 0.3) is 0 Å². The highest BCUT2D eigenvalue weighted by Gasteiger charge is 2.48. The molecular formula is C10H13F2NO. The summed E-state index contributed by atoms with van der Waals surface area (Å²) >= 11 is 0. The Morgan fingerprint density at radius 3 is 2.79 bits per heavy atom. The molecule has 14 heavy (non-hydrogen) atoms. The lowest BCUT2D eigenvalue weighted by Crippen LogP contribution is -2.41. The Kier molecular flexibility index (Phi) is 3.10. The van der Waals surface area contributed by atoms with E-state index in [2.05, 4.69) is 11.2 Å². The van der Waals surface area contributed by atoms with E-state index in [1.807, 2.05) is 0 Å². The van der Waals surface area contributed by atoms with Crippen LogP contribution in [0.15, 0.2) is 0 Å². The van der Waals surface area contributed by atoms with E-state index in [-0.39, 0.29) is 12.8 Å². The summed E-state index contributed by atoms with van der Waals surface area (Å²) in [5.74, 6) is -2.42. The van der Waals surface area contributed by atoms with Gasteiger partial charge in [0.2, 0.25) is 5.91 Å². The van der Waals surface area contributed by atoms with Crippen molar-refractivity contribution in [1.82, 2.24) is 5.32 Å². The molecule has 2 atom stereocenters. The van der Waals surface area contributed by atoms with Crippen molar-refractivity contribution in [1.29, 1.82) is 0 Å². The lowest BCUT2D eigenvalue weighted by Gasteiger charge is -2.19. The SMILES string of the molecule is C#CC(C)NC(=O)C1CCCC1(F)F. The third-order valence-corrected chi connectivity index (χ3v) is 2.44. The molecule has 0 radical (unpaired) electrons. The molecule has 1 N–H and O–H groups in total. The summed E-state index contributed by atoms with van der Waals surface area (Å²) in [5, 5.41) is 2.37. The second-order valence-electron chi connectivity index (χ2n) is 3.60. The lowest BCUT2D eigenvalue weighted by atomic mass is 10.0. The molecule has 78 valence electrons. The maximum Gasteiger partial charge on any atom is 0.259 e. The summed E-state index contributed by atoms with van der Waals surface area (Å²) in [7, 11) is 0. The first-order valence-electron chi connectivity index (χ1n) is 4.61. The molecule has 1 fully saturated rings. The van der Waals surface area contributed by atoms with Crippen LogP contribution in [0.3, 0.4) is 0 Å². The maximum atomic E-state index is 13.1. The molecule has 1 aliphatic rings. The molecule has 0 heterocycles. The average molecular weight is 201 g/mol. The molecule has 2 unspecified atom stereocenters. The van der Waals surface area contributed by atoms with Crippen LogP contribution in [0, 0.1) is 18.3 Å². The predicted molar refractivity (Wildman–Crippen MR) is 48.7 cm³/mol. The molecule has 1 saturated carbocycles. The number of alkyl halides is 2. The highest BCUT2D eigenvalue weighted by Crippen LogP contribution is 2.40. The Morgan fingerprint density at radius 2 is 2.36 bits per heavy atom. The normalized spacial score (nSPS) is 26.6. The maximum absolute atomic E-state index is 13.1. The topological polar surface area (TPSA) is 29.1 Å². The summed E-state index contributed by atoms with van der Waals surface area (Å²) in [6.07, 6.45) is 5.48. The zero-order valence-corrected chi connectivity index (χ0v) is 8.02. The van der Waals surface area contributed by atoms with Gasteiger partial charge in [0.25, 0.3) is 5.92 Å².